The lowest BCUT2D eigenvalue weighted by Crippen LogP contribution is -1.85. The predicted octanol–water partition coefficient (Wildman–Crippen LogP) is 2.24. The monoisotopic (exact) mass is 242 g/mol. The standard InChI is InChI=1S/C6H9NO.C4H6O.C2H4.H3NO/c1-2-3-6-4-5-8-7-6;1-2-3-4-5;2*1-2/h2-3H,4-5H2,1H3;2-4H,1H3;1-2H2;2H,1H2. The summed E-state index contributed by atoms with van der Waals surface area (Å²) in [5.41, 5.74) is 1.05. The van der Waals surface area contributed by atoms with Gasteiger partial charge in [-0.05, 0) is 26.0 Å². The van der Waals surface area contributed by atoms with E-state index in [2.05, 4.69) is 24.2 Å². The molecular weight excluding hydrogens is 220 g/mol. The van der Waals surface area contributed by atoms with E-state index in [1.165, 1.54) is 6.08 Å². The summed E-state index contributed by atoms with van der Waals surface area (Å²) in [6.07, 6.45) is 8.78. The fraction of sp³-hybridized carbons (Fsp3) is 0.333. The quantitative estimate of drug-likeness (QED) is 0.336. The summed E-state index contributed by atoms with van der Waals surface area (Å²) in [6.45, 7) is 10.5. The predicted molar refractivity (Wildman–Crippen MR) is 70.9 cm³/mol. The summed E-state index contributed by atoms with van der Waals surface area (Å²) < 4.78 is 0. The maximum Gasteiger partial charge on any atom is 0.142 e. The summed E-state index contributed by atoms with van der Waals surface area (Å²) in [5, 5.41) is 10.3. The molecule has 0 radical (unpaired) electrons. The summed E-state index contributed by atoms with van der Waals surface area (Å²) in [6, 6.07) is 0. The van der Waals surface area contributed by atoms with Gasteiger partial charge in [0.25, 0.3) is 0 Å². The SMILES string of the molecule is C=C.CC=CC1=NOCC1.CC=CC=O.NO. The van der Waals surface area contributed by atoms with E-state index in [1.807, 2.05) is 19.1 Å². The van der Waals surface area contributed by atoms with E-state index in [4.69, 9.17) is 10.0 Å². The highest BCUT2D eigenvalue weighted by atomic mass is 16.6. The Kier molecular flexibility index (Phi) is 29.0. The maximum absolute atomic E-state index is 9.32. The van der Waals surface area contributed by atoms with E-state index < -0.39 is 0 Å². The van der Waals surface area contributed by atoms with Crippen molar-refractivity contribution in [2.45, 2.75) is 20.3 Å². The molecular formula is C12H22N2O3. The first kappa shape index (κ1) is 20.7. The van der Waals surface area contributed by atoms with Crippen LogP contribution >= 0.6 is 0 Å². The number of rotatable bonds is 2. The Hall–Kier alpha value is -1.72. The van der Waals surface area contributed by atoms with Gasteiger partial charge in [0.2, 0.25) is 0 Å². The molecule has 1 rings (SSSR count). The van der Waals surface area contributed by atoms with Crippen LogP contribution in [-0.4, -0.2) is 23.8 Å². The molecule has 0 aromatic rings. The third-order valence-electron chi connectivity index (χ3n) is 1.26. The molecule has 1 aliphatic rings. The highest BCUT2D eigenvalue weighted by molar-refractivity contribution is 5.95. The van der Waals surface area contributed by atoms with Crippen LogP contribution in [0.5, 0.6) is 0 Å². The van der Waals surface area contributed by atoms with Gasteiger partial charge in [-0.15, -0.1) is 13.2 Å². The van der Waals surface area contributed by atoms with Crippen LogP contribution in [0.15, 0.2) is 42.6 Å². The number of hydrogen-bond donors (Lipinski definition) is 2. The first-order valence-electron chi connectivity index (χ1n) is 4.99. The molecule has 0 unspecified atom stereocenters. The second kappa shape index (κ2) is 23.8. The number of carbonyl (C=O) groups is 1. The first-order chi connectivity index (χ1) is 8.35. The van der Waals surface area contributed by atoms with E-state index in [1.54, 1.807) is 13.0 Å². The number of nitrogens with zero attached hydrogens (tertiary/aromatic N) is 1. The molecule has 0 atom stereocenters. The molecule has 0 saturated heterocycles. The lowest BCUT2D eigenvalue weighted by molar-refractivity contribution is -0.104. The zero-order chi connectivity index (χ0) is 13.9. The van der Waals surface area contributed by atoms with Crippen LogP contribution in [0.4, 0.5) is 0 Å². The van der Waals surface area contributed by atoms with Gasteiger partial charge in [-0.2, -0.15) is 0 Å². The average Bonchev–Trinajstić information content (AvgIpc) is 2.90. The Morgan fingerprint density at radius 3 is 2.18 bits per heavy atom. The Morgan fingerprint density at radius 2 is 1.94 bits per heavy atom. The van der Waals surface area contributed by atoms with Crippen molar-refractivity contribution >= 4 is 12.0 Å². The molecule has 0 spiro atoms. The number of carbonyl (C=O) groups excluding carboxylic acids is 1. The second-order valence-corrected chi connectivity index (χ2v) is 2.33. The van der Waals surface area contributed by atoms with Crippen LogP contribution in [0.3, 0.4) is 0 Å². The summed E-state index contributed by atoms with van der Waals surface area (Å²) in [4.78, 5) is 14.1. The van der Waals surface area contributed by atoms with Crippen LogP contribution in [0.1, 0.15) is 20.3 Å². The molecule has 98 valence electrons. The number of oxime groups is 1. The highest BCUT2D eigenvalue weighted by Gasteiger charge is 2.01. The number of nitrogens with two attached hydrogens (primary N) is 1. The number of hydrogen-bond acceptors (Lipinski definition) is 5. The van der Waals surface area contributed by atoms with Crippen LogP contribution in [0.2, 0.25) is 0 Å². The molecule has 1 aliphatic heterocycles. The molecule has 0 aliphatic carbocycles. The zero-order valence-electron chi connectivity index (χ0n) is 10.5. The van der Waals surface area contributed by atoms with Crippen molar-refractivity contribution in [1.29, 1.82) is 0 Å². The molecule has 5 nitrogen and oxygen atoms in total. The van der Waals surface area contributed by atoms with Gasteiger partial charge in [-0.1, -0.05) is 17.3 Å². The summed E-state index contributed by atoms with van der Waals surface area (Å²) >= 11 is 0. The Morgan fingerprint density at radius 1 is 1.35 bits per heavy atom. The third kappa shape index (κ3) is 20.4. The van der Waals surface area contributed by atoms with Gasteiger partial charge >= 0.3 is 0 Å². The van der Waals surface area contributed by atoms with E-state index in [-0.39, 0.29) is 0 Å². The van der Waals surface area contributed by atoms with Crippen LogP contribution in [0, 0.1) is 0 Å². The minimum atomic E-state index is 0.750. The molecule has 17 heavy (non-hydrogen) atoms. The number of aldehydes is 1. The number of allylic oxidation sites excluding steroid dienone is 4. The lowest BCUT2D eigenvalue weighted by Gasteiger charge is -1.77. The van der Waals surface area contributed by atoms with Gasteiger partial charge in [0, 0.05) is 6.42 Å². The smallest absolute Gasteiger partial charge is 0.142 e. The molecule has 0 saturated carbocycles. The van der Waals surface area contributed by atoms with Gasteiger partial charge < -0.3 is 10.0 Å². The second-order valence-electron chi connectivity index (χ2n) is 2.33. The van der Waals surface area contributed by atoms with Gasteiger partial charge in [-0.3, -0.25) is 4.79 Å². The normalized spacial score (nSPS) is 12.1. The summed E-state index contributed by atoms with van der Waals surface area (Å²) in [5.74, 6) is 3.50. The molecule has 0 bridgehead atoms. The molecule has 0 amide bonds. The van der Waals surface area contributed by atoms with E-state index in [9.17, 15) is 4.79 Å². The average molecular weight is 242 g/mol. The van der Waals surface area contributed by atoms with E-state index in [0.717, 1.165) is 25.0 Å². The Labute approximate surface area is 103 Å². The van der Waals surface area contributed by atoms with Crippen molar-refractivity contribution < 1.29 is 14.8 Å². The van der Waals surface area contributed by atoms with Crippen molar-refractivity contribution in [2.24, 2.45) is 11.1 Å². The zero-order valence-corrected chi connectivity index (χ0v) is 10.5. The van der Waals surface area contributed by atoms with Crippen LogP contribution in [0.25, 0.3) is 0 Å². The molecule has 0 aromatic heterocycles. The molecule has 0 fully saturated rings. The molecule has 5 heteroatoms. The van der Waals surface area contributed by atoms with Crippen molar-refractivity contribution in [3.8, 4) is 0 Å². The van der Waals surface area contributed by atoms with Crippen LogP contribution in [-0.2, 0) is 9.63 Å². The third-order valence-corrected chi connectivity index (χ3v) is 1.26. The largest absolute Gasteiger partial charge is 0.395 e. The van der Waals surface area contributed by atoms with Crippen molar-refractivity contribution in [3.05, 3.63) is 37.5 Å². The Balaban J connectivity index is -0.000000190. The van der Waals surface area contributed by atoms with E-state index >= 15 is 0 Å². The molecule has 0 aromatic carbocycles. The van der Waals surface area contributed by atoms with Gasteiger partial charge in [0.05, 0.1) is 5.71 Å². The van der Waals surface area contributed by atoms with Gasteiger partial charge in [-0.25, -0.2) is 5.90 Å². The molecule has 1 heterocycles. The minimum absolute atomic E-state index is 0.750. The molecule has 3 N–H and O–H groups in total. The van der Waals surface area contributed by atoms with Gasteiger partial charge in [0.1, 0.15) is 12.9 Å². The fourth-order valence-corrected chi connectivity index (χ4v) is 0.709. The van der Waals surface area contributed by atoms with Crippen molar-refractivity contribution in [3.63, 3.8) is 0 Å². The van der Waals surface area contributed by atoms with Crippen LogP contribution < -0.4 is 5.90 Å². The lowest BCUT2D eigenvalue weighted by atomic mass is 10.3. The minimum Gasteiger partial charge on any atom is -0.395 e. The van der Waals surface area contributed by atoms with E-state index in [0.29, 0.717) is 0 Å². The van der Waals surface area contributed by atoms with Crippen molar-refractivity contribution in [2.75, 3.05) is 6.61 Å². The Bertz CT molecular complexity index is 236. The maximum atomic E-state index is 9.32. The highest BCUT2D eigenvalue weighted by Crippen LogP contribution is 1.99. The van der Waals surface area contributed by atoms with Crippen molar-refractivity contribution in [1.82, 2.24) is 0 Å². The fourth-order valence-electron chi connectivity index (χ4n) is 0.709. The van der Waals surface area contributed by atoms with Gasteiger partial charge in [0.15, 0.2) is 0 Å². The first-order valence-corrected chi connectivity index (χ1v) is 4.99. The topological polar surface area (TPSA) is 84.9 Å². The summed E-state index contributed by atoms with van der Waals surface area (Å²) in [7, 11) is 0.